The van der Waals surface area contributed by atoms with Crippen LogP contribution in [-0.4, -0.2) is 37.9 Å². The lowest BCUT2D eigenvalue weighted by Gasteiger charge is -2.29. The van der Waals surface area contributed by atoms with E-state index in [9.17, 15) is 4.79 Å². The molecule has 0 radical (unpaired) electrons. The summed E-state index contributed by atoms with van der Waals surface area (Å²) in [6.45, 7) is 0.608. The van der Waals surface area contributed by atoms with Crippen LogP contribution < -0.4 is 23.8 Å². The summed E-state index contributed by atoms with van der Waals surface area (Å²) in [6, 6.07) is 8.60. The van der Waals surface area contributed by atoms with E-state index in [1.54, 1.807) is 24.3 Å². The lowest BCUT2D eigenvalue weighted by molar-refractivity contribution is 0.0936. The van der Waals surface area contributed by atoms with Gasteiger partial charge in [-0.1, -0.05) is 0 Å². The van der Waals surface area contributed by atoms with Gasteiger partial charge in [-0.05, 0) is 30.9 Å². The van der Waals surface area contributed by atoms with Gasteiger partial charge >= 0.3 is 0 Å². The molecule has 1 aliphatic heterocycles. The summed E-state index contributed by atoms with van der Waals surface area (Å²) in [4.78, 5) is 18.6. The van der Waals surface area contributed by atoms with Crippen molar-refractivity contribution < 1.29 is 23.7 Å². The Morgan fingerprint density at radius 1 is 1.29 bits per heavy atom. The van der Waals surface area contributed by atoms with Gasteiger partial charge in [-0.3, -0.25) is 9.69 Å². The zero-order chi connectivity index (χ0) is 19.5. The molecule has 0 spiro atoms. The number of nitrogens with zero attached hydrogens (tertiary/aromatic N) is 3. The Bertz CT molecular complexity index is 936. The summed E-state index contributed by atoms with van der Waals surface area (Å²) in [7, 11) is 1.50. The Kier molecular flexibility index (Phi) is 4.89. The lowest BCUT2D eigenvalue weighted by atomic mass is 10.1. The number of ether oxygens (including phenoxy) is 4. The summed E-state index contributed by atoms with van der Waals surface area (Å²) in [6.07, 6.45) is 3.87. The van der Waals surface area contributed by atoms with Gasteiger partial charge in [0.2, 0.25) is 5.88 Å². The first-order valence-corrected chi connectivity index (χ1v) is 8.95. The number of anilines is 1. The van der Waals surface area contributed by atoms with E-state index < -0.39 is 0 Å². The lowest BCUT2D eigenvalue weighted by Crippen LogP contribution is -2.38. The van der Waals surface area contributed by atoms with Gasteiger partial charge in [0, 0.05) is 18.3 Å². The fourth-order valence-corrected chi connectivity index (χ4v) is 2.85. The van der Waals surface area contributed by atoms with Crippen LogP contribution >= 0.6 is 0 Å². The highest BCUT2D eigenvalue weighted by Gasteiger charge is 2.29. The minimum Gasteiger partial charge on any atom is -0.493 e. The summed E-state index contributed by atoms with van der Waals surface area (Å²) in [5.41, 5.74) is 0.958. The van der Waals surface area contributed by atoms with Gasteiger partial charge < -0.3 is 18.9 Å². The van der Waals surface area contributed by atoms with E-state index in [2.05, 4.69) is 4.98 Å². The highest BCUT2D eigenvalue weighted by atomic mass is 16.5. The number of amides is 1. The van der Waals surface area contributed by atoms with Gasteiger partial charge in [0.1, 0.15) is 17.4 Å². The molecule has 1 aromatic carbocycles. The summed E-state index contributed by atoms with van der Waals surface area (Å²) in [5.74, 6) is 2.17. The molecule has 4 rings (SSSR count). The maximum Gasteiger partial charge on any atom is 0.266 e. The van der Waals surface area contributed by atoms with Crippen molar-refractivity contribution in [3.8, 4) is 29.2 Å². The number of fused-ring (bicyclic) bond motifs is 1. The predicted octanol–water partition coefficient (Wildman–Crippen LogP) is 2.78. The summed E-state index contributed by atoms with van der Waals surface area (Å²) < 4.78 is 22.0. The highest BCUT2D eigenvalue weighted by molar-refractivity contribution is 6.08. The Hall–Kier alpha value is -3.47. The van der Waals surface area contributed by atoms with Crippen molar-refractivity contribution in [3.63, 3.8) is 0 Å². The number of rotatable bonds is 7. The molecule has 28 heavy (non-hydrogen) atoms. The smallest absolute Gasteiger partial charge is 0.266 e. The summed E-state index contributed by atoms with van der Waals surface area (Å²) in [5, 5.41) is 8.66. The van der Waals surface area contributed by atoms with Crippen LogP contribution in [0, 0.1) is 17.2 Å². The molecule has 2 heterocycles. The molecule has 1 aromatic heterocycles. The number of benzene rings is 1. The van der Waals surface area contributed by atoms with E-state index in [0.717, 1.165) is 0 Å². The molecular weight excluding hydrogens is 362 g/mol. The molecule has 2 aliphatic rings. The topological polar surface area (TPSA) is 93.9 Å². The maximum atomic E-state index is 12.9. The largest absolute Gasteiger partial charge is 0.493 e. The number of carbonyl (C=O) groups excluding carboxylic acids is 1. The minimum absolute atomic E-state index is 0.0550. The molecule has 0 bridgehead atoms. The molecule has 1 amide bonds. The highest BCUT2D eigenvalue weighted by Crippen LogP contribution is 2.36. The Balaban J connectivity index is 1.53. The molecule has 1 saturated carbocycles. The van der Waals surface area contributed by atoms with E-state index in [4.69, 9.17) is 24.2 Å². The van der Waals surface area contributed by atoms with Gasteiger partial charge in [-0.25, -0.2) is 4.98 Å². The quantitative estimate of drug-likeness (QED) is 0.728. The molecule has 0 atom stereocenters. The van der Waals surface area contributed by atoms with Gasteiger partial charge in [0.25, 0.3) is 5.91 Å². The number of pyridine rings is 1. The second-order valence-corrected chi connectivity index (χ2v) is 6.56. The molecule has 1 aliphatic carbocycles. The van der Waals surface area contributed by atoms with Crippen LogP contribution in [0.5, 0.6) is 23.1 Å². The third kappa shape index (κ3) is 3.64. The van der Waals surface area contributed by atoms with Crippen LogP contribution in [0.3, 0.4) is 0 Å². The molecule has 144 valence electrons. The standard InChI is InChI=1S/C20H19N3O5/c1-25-18-8-14(4-5-16(18)26-7-6-21)23-12-28-17-9-19(27-11-13-2-3-13)22-10-15(17)20(23)24/h4-5,8-10,13H,2-3,7,11-12H2,1H3. The number of hydrogen-bond donors (Lipinski definition) is 0. The second kappa shape index (κ2) is 7.64. The molecule has 8 nitrogen and oxygen atoms in total. The van der Waals surface area contributed by atoms with Crippen LogP contribution in [0.15, 0.2) is 30.5 Å². The molecule has 1 fully saturated rings. The zero-order valence-corrected chi connectivity index (χ0v) is 15.4. The van der Waals surface area contributed by atoms with E-state index >= 15 is 0 Å². The second-order valence-electron chi connectivity index (χ2n) is 6.56. The Labute approximate surface area is 162 Å². The van der Waals surface area contributed by atoms with Gasteiger partial charge in [0.05, 0.1) is 19.4 Å². The number of hydrogen-bond acceptors (Lipinski definition) is 7. The molecule has 2 aromatic rings. The van der Waals surface area contributed by atoms with Crippen LogP contribution in [0.2, 0.25) is 0 Å². The third-order valence-corrected chi connectivity index (χ3v) is 4.58. The van der Waals surface area contributed by atoms with Crippen LogP contribution in [0.4, 0.5) is 5.69 Å². The van der Waals surface area contributed by atoms with Crippen molar-refractivity contribution in [2.45, 2.75) is 12.8 Å². The van der Waals surface area contributed by atoms with Crippen LogP contribution in [0.1, 0.15) is 23.2 Å². The Morgan fingerprint density at radius 2 is 2.14 bits per heavy atom. The van der Waals surface area contributed by atoms with Gasteiger partial charge in [0.15, 0.2) is 24.8 Å². The fraction of sp³-hybridized carbons (Fsp3) is 0.350. The molecular formula is C20H19N3O5. The first-order chi connectivity index (χ1) is 13.7. The average molecular weight is 381 g/mol. The Morgan fingerprint density at radius 3 is 2.89 bits per heavy atom. The third-order valence-electron chi connectivity index (χ3n) is 4.58. The normalized spacial score (nSPS) is 15.3. The SMILES string of the molecule is COc1cc(N2COc3cc(OCC4CC4)ncc3C2=O)ccc1OCC#N. The number of carbonyl (C=O) groups is 1. The van der Waals surface area contributed by atoms with Crippen molar-refractivity contribution in [3.05, 3.63) is 36.0 Å². The molecule has 8 heteroatoms. The van der Waals surface area contributed by atoms with E-state index in [1.165, 1.54) is 31.0 Å². The average Bonchev–Trinajstić information content (AvgIpc) is 3.55. The van der Waals surface area contributed by atoms with Crippen molar-refractivity contribution in [1.29, 1.82) is 5.26 Å². The van der Waals surface area contributed by atoms with Crippen molar-refractivity contribution in [2.24, 2.45) is 5.92 Å². The van der Waals surface area contributed by atoms with E-state index in [1.807, 2.05) is 6.07 Å². The first kappa shape index (κ1) is 17.9. The number of methoxy groups -OCH3 is 1. The van der Waals surface area contributed by atoms with Gasteiger partial charge in [-0.2, -0.15) is 5.26 Å². The zero-order valence-electron chi connectivity index (χ0n) is 15.4. The van der Waals surface area contributed by atoms with Gasteiger partial charge in [-0.15, -0.1) is 0 Å². The number of nitriles is 1. The van der Waals surface area contributed by atoms with Crippen LogP contribution in [-0.2, 0) is 0 Å². The predicted molar refractivity (Wildman–Crippen MR) is 98.9 cm³/mol. The monoisotopic (exact) mass is 381 g/mol. The summed E-state index contributed by atoms with van der Waals surface area (Å²) >= 11 is 0. The molecule has 0 unspecified atom stereocenters. The van der Waals surface area contributed by atoms with Crippen molar-refractivity contribution in [2.75, 3.05) is 32.0 Å². The van der Waals surface area contributed by atoms with Crippen molar-refractivity contribution in [1.82, 2.24) is 4.98 Å². The first-order valence-electron chi connectivity index (χ1n) is 8.95. The molecule has 0 N–H and O–H groups in total. The van der Waals surface area contributed by atoms with E-state index in [-0.39, 0.29) is 19.2 Å². The minimum atomic E-state index is -0.227. The van der Waals surface area contributed by atoms with E-state index in [0.29, 0.717) is 46.9 Å². The fourth-order valence-electron chi connectivity index (χ4n) is 2.85. The maximum absolute atomic E-state index is 12.9. The van der Waals surface area contributed by atoms with Crippen LogP contribution in [0.25, 0.3) is 0 Å². The van der Waals surface area contributed by atoms with Crippen molar-refractivity contribution >= 4 is 11.6 Å². The molecule has 0 saturated heterocycles. The number of aromatic nitrogens is 1.